The Morgan fingerprint density at radius 1 is 1.21 bits per heavy atom. The molecule has 0 spiro atoms. The summed E-state index contributed by atoms with van der Waals surface area (Å²) in [4.78, 5) is 6.79. The van der Waals surface area contributed by atoms with Crippen LogP contribution in [0.2, 0.25) is 0 Å². The van der Waals surface area contributed by atoms with Gasteiger partial charge in [-0.2, -0.15) is 13.2 Å². The van der Waals surface area contributed by atoms with E-state index < -0.39 is 12.0 Å². The number of hydrogen-bond donors (Lipinski definition) is 0. The molecule has 0 amide bonds. The predicted octanol–water partition coefficient (Wildman–Crippen LogP) is 2.62. The maximum absolute atomic E-state index is 12.2. The monoisotopic (exact) mass is 204 g/mol. The van der Waals surface area contributed by atoms with Crippen LogP contribution >= 0.6 is 0 Å². The van der Waals surface area contributed by atoms with E-state index >= 15 is 0 Å². The molecule has 0 aliphatic heterocycles. The molecule has 1 heterocycles. The van der Waals surface area contributed by atoms with Gasteiger partial charge in [-0.05, 0) is 18.4 Å². The Labute approximate surface area is 80.2 Å². The summed E-state index contributed by atoms with van der Waals surface area (Å²) in [5.41, 5.74) is 1.26. The highest BCUT2D eigenvalue weighted by atomic mass is 19.4. The van der Waals surface area contributed by atoms with Crippen molar-refractivity contribution in [1.29, 1.82) is 0 Å². The maximum Gasteiger partial charge on any atom is 0.451 e. The van der Waals surface area contributed by atoms with Crippen molar-refractivity contribution >= 4 is 0 Å². The normalized spacial score (nSPS) is 11.8. The second kappa shape index (κ2) is 3.94. The molecule has 5 heteroatoms. The minimum atomic E-state index is -4.45. The van der Waals surface area contributed by atoms with Crippen LogP contribution in [0.4, 0.5) is 13.2 Å². The number of halogens is 3. The van der Waals surface area contributed by atoms with Crippen molar-refractivity contribution in [2.24, 2.45) is 0 Å². The molecule has 0 atom stereocenters. The zero-order valence-corrected chi connectivity index (χ0v) is 8.02. The minimum Gasteiger partial charge on any atom is -0.233 e. The van der Waals surface area contributed by atoms with Crippen molar-refractivity contribution < 1.29 is 13.2 Å². The molecule has 1 rings (SSSR count). The molecule has 0 aliphatic rings. The molecule has 0 aromatic carbocycles. The van der Waals surface area contributed by atoms with Gasteiger partial charge in [-0.15, -0.1) is 0 Å². The van der Waals surface area contributed by atoms with Gasteiger partial charge in [0.1, 0.15) is 0 Å². The second-order valence-electron chi connectivity index (χ2n) is 2.87. The Kier molecular flexibility index (Phi) is 3.08. The van der Waals surface area contributed by atoms with Crippen LogP contribution in [0.15, 0.2) is 6.20 Å². The summed E-state index contributed by atoms with van der Waals surface area (Å²) in [7, 11) is 0. The third-order valence-electron chi connectivity index (χ3n) is 1.92. The van der Waals surface area contributed by atoms with E-state index in [9.17, 15) is 13.2 Å². The summed E-state index contributed by atoms with van der Waals surface area (Å²) in [6, 6.07) is 0. The van der Waals surface area contributed by atoms with Crippen molar-refractivity contribution in [2.75, 3.05) is 0 Å². The zero-order chi connectivity index (χ0) is 10.8. The van der Waals surface area contributed by atoms with Crippen LogP contribution in [0.25, 0.3) is 0 Å². The first kappa shape index (κ1) is 10.9. The lowest BCUT2D eigenvalue weighted by Crippen LogP contribution is -2.13. The second-order valence-corrected chi connectivity index (χ2v) is 2.87. The molecule has 0 saturated heterocycles. The summed E-state index contributed by atoms with van der Waals surface area (Å²) in [6.45, 7) is 3.65. The van der Waals surface area contributed by atoms with Crippen molar-refractivity contribution in [3.05, 3.63) is 23.3 Å². The van der Waals surface area contributed by atoms with Crippen molar-refractivity contribution in [3.8, 4) is 0 Å². The molecule has 14 heavy (non-hydrogen) atoms. The third-order valence-corrected chi connectivity index (χ3v) is 1.92. The first-order valence-electron chi connectivity index (χ1n) is 4.41. The van der Waals surface area contributed by atoms with E-state index in [1.165, 1.54) is 6.20 Å². The average molecular weight is 204 g/mol. The van der Waals surface area contributed by atoms with Crippen LogP contribution in [0, 0.1) is 0 Å². The first-order valence-corrected chi connectivity index (χ1v) is 4.41. The van der Waals surface area contributed by atoms with Gasteiger partial charge in [0.05, 0.1) is 0 Å². The average Bonchev–Trinajstić information content (AvgIpc) is 2.15. The number of aromatic nitrogens is 2. The Morgan fingerprint density at radius 2 is 1.86 bits per heavy atom. The van der Waals surface area contributed by atoms with Crippen molar-refractivity contribution in [2.45, 2.75) is 32.9 Å². The molecule has 0 N–H and O–H groups in total. The highest BCUT2D eigenvalue weighted by Gasteiger charge is 2.34. The number of hydrogen-bond acceptors (Lipinski definition) is 2. The van der Waals surface area contributed by atoms with Crippen LogP contribution in [0.5, 0.6) is 0 Å². The van der Waals surface area contributed by atoms with Crippen LogP contribution in [0.3, 0.4) is 0 Å². The predicted molar refractivity (Wildman–Crippen MR) is 45.8 cm³/mol. The van der Waals surface area contributed by atoms with Gasteiger partial charge in [-0.3, -0.25) is 0 Å². The van der Waals surface area contributed by atoms with E-state index in [0.717, 1.165) is 5.56 Å². The molecule has 2 nitrogen and oxygen atoms in total. The van der Waals surface area contributed by atoms with Gasteiger partial charge < -0.3 is 0 Å². The Morgan fingerprint density at radius 3 is 2.29 bits per heavy atom. The van der Waals surface area contributed by atoms with E-state index in [1.807, 2.05) is 6.92 Å². The minimum absolute atomic E-state index is 0.481. The summed E-state index contributed by atoms with van der Waals surface area (Å²) >= 11 is 0. The standard InChI is InChI=1S/C9H11F3N2/c1-3-6-5-13-8(9(10,11)12)14-7(6)4-2/h5H,3-4H2,1-2H3. The van der Waals surface area contributed by atoms with Crippen LogP contribution < -0.4 is 0 Å². The molecular weight excluding hydrogens is 193 g/mol. The number of nitrogens with zero attached hydrogens (tertiary/aromatic N) is 2. The molecule has 1 aromatic heterocycles. The molecule has 78 valence electrons. The van der Waals surface area contributed by atoms with E-state index in [2.05, 4.69) is 9.97 Å². The van der Waals surface area contributed by atoms with Crippen LogP contribution in [0.1, 0.15) is 30.9 Å². The highest BCUT2D eigenvalue weighted by molar-refractivity contribution is 5.18. The van der Waals surface area contributed by atoms with Crippen molar-refractivity contribution in [3.63, 3.8) is 0 Å². The Balaban J connectivity index is 3.14. The van der Waals surface area contributed by atoms with Gasteiger partial charge in [0, 0.05) is 11.9 Å². The number of aryl methyl sites for hydroxylation is 2. The highest BCUT2D eigenvalue weighted by Crippen LogP contribution is 2.26. The van der Waals surface area contributed by atoms with E-state index in [-0.39, 0.29) is 0 Å². The summed E-state index contributed by atoms with van der Waals surface area (Å²) in [5, 5.41) is 0. The van der Waals surface area contributed by atoms with Gasteiger partial charge in [-0.1, -0.05) is 13.8 Å². The third kappa shape index (κ3) is 2.21. The molecule has 0 saturated carbocycles. The topological polar surface area (TPSA) is 25.8 Å². The lowest BCUT2D eigenvalue weighted by molar-refractivity contribution is -0.145. The van der Waals surface area contributed by atoms with E-state index in [1.54, 1.807) is 6.92 Å². The fraction of sp³-hybridized carbons (Fsp3) is 0.556. The number of rotatable bonds is 2. The van der Waals surface area contributed by atoms with Gasteiger partial charge >= 0.3 is 6.18 Å². The molecule has 0 fully saturated rings. The van der Waals surface area contributed by atoms with Crippen molar-refractivity contribution in [1.82, 2.24) is 9.97 Å². The SMILES string of the molecule is CCc1cnc(C(F)(F)F)nc1CC. The lowest BCUT2D eigenvalue weighted by Gasteiger charge is -2.08. The Bertz CT molecular complexity index is 320. The fourth-order valence-corrected chi connectivity index (χ4v) is 1.18. The van der Waals surface area contributed by atoms with E-state index in [0.29, 0.717) is 18.5 Å². The van der Waals surface area contributed by atoms with Crippen LogP contribution in [-0.4, -0.2) is 9.97 Å². The molecule has 0 unspecified atom stereocenters. The van der Waals surface area contributed by atoms with Gasteiger partial charge in [0.15, 0.2) is 0 Å². The largest absolute Gasteiger partial charge is 0.451 e. The first-order chi connectivity index (χ1) is 6.49. The van der Waals surface area contributed by atoms with Gasteiger partial charge in [0.2, 0.25) is 5.82 Å². The molecular formula is C9H11F3N2. The number of alkyl halides is 3. The smallest absolute Gasteiger partial charge is 0.233 e. The molecule has 0 bridgehead atoms. The quantitative estimate of drug-likeness (QED) is 0.740. The summed E-state index contributed by atoms with van der Waals surface area (Å²) in [5.74, 6) is -1.05. The molecule has 0 radical (unpaired) electrons. The zero-order valence-electron chi connectivity index (χ0n) is 8.02. The maximum atomic E-state index is 12.2. The summed E-state index contributed by atoms with van der Waals surface area (Å²) < 4.78 is 36.6. The van der Waals surface area contributed by atoms with Gasteiger partial charge in [0.25, 0.3) is 0 Å². The van der Waals surface area contributed by atoms with Crippen LogP contribution in [-0.2, 0) is 19.0 Å². The lowest BCUT2D eigenvalue weighted by atomic mass is 10.1. The molecule has 1 aromatic rings. The van der Waals surface area contributed by atoms with E-state index in [4.69, 9.17) is 0 Å². The Hall–Kier alpha value is -1.13. The fourth-order valence-electron chi connectivity index (χ4n) is 1.18. The van der Waals surface area contributed by atoms with Gasteiger partial charge in [-0.25, -0.2) is 9.97 Å². The molecule has 0 aliphatic carbocycles. The summed E-state index contributed by atoms with van der Waals surface area (Å²) in [6.07, 6.45) is -2.04.